The fourth-order valence-electron chi connectivity index (χ4n) is 3.01. The van der Waals surface area contributed by atoms with Crippen LogP contribution in [0.25, 0.3) is 0 Å². The van der Waals surface area contributed by atoms with Gasteiger partial charge < -0.3 is 5.11 Å². The molecule has 1 saturated heterocycles. The van der Waals surface area contributed by atoms with Crippen molar-refractivity contribution < 1.29 is 9.90 Å². The number of hydrogen-bond acceptors (Lipinski definition) is 4. The van der Waals surface area contributed by atoms with Gasteiger partial charge in [-0.05, 0) is 31.2 Å². The van der Waals surface area contributed by atoms with Gasteiger partial charge in [0.2, 0.25) is 0 Å². The van der Waals surface area contributed by atoms with Crippen molar-refractivity contribution in [2.24, 2.45) is 0 Å². The van der Waals surface area contributed by atoms with Crippen LogP contribution in [0.4, 0.5) is 0 Å². The monoisotopic (exact) mass is 322 g/mol. The SMILES string of the molecule is CSCCN1CCN(C(C(=O)O)c2cc(C)ccc2C)CC1. The summed E-state index contributed by atoms with van der Waals surface area (Å²) >= 11 is 1.86. The third kappa shape index (κ3) is 4.24. The number of benzene rings is 1. The van der Waals surface area contributed by atoms with E-state index in [1.807, 2.05) is 43.8 Å². The van der Waals surface area contributed by atoms with E-state index in [9.17, 15) is 9.90 Å². The van der Waals surface area contributed by atoms with Gasteiger partial charge in [0, 0.05) is 38.5 Å². The third-order valence-corrected chi connectivity index (χ3v) is 4.94. The van der Waals surface area contributed by atoms with Crippen LogP contribution in [0.2, 0.25) is 0 Å². The molecule has 0 saturated carbocycles. The van der Waals surface area contributed by atoms with Crippen molar-refractivity contribution in [1.29, 1.82) is 0 Å². The molecule has 22 heavy (non-hydrogen) atoms. The molecule has 2 rings (SSSR count). The molecule has 0 amide bonds. The van der Waals surface area contributed by atoms with E-state index in [1.54, 1.807) is 0 Å². The molecule has 4 nitrogen and oxygen atoms in total. The number of aliphatic carboxylic acids is 1. The molecule has 0 spiro atoms. The zero-order valence-electron chi connectivity index (χ0n) is 13.7. The van der Waals surface area contributed by atoms with E-state index in [2.05, 4.69) is 16.1 Å². The van der Waals surface area contributed by atoms with E-state index in [0.717, 1.165) is 55.2 Å². The van der Waals surface area contributed by atoms with Crippen molar-refractivity contribution in [3.8, 4) is 0 Å². The predicted molar refractivity (Wildman–Crippen MR) is 92.7 cm³/mol. The number of nitrogens with zero attached hydrogens (tertiary/aromatic N) is 2. The van der Waals surface area contributed by atoms with Gasteiger partial charge in [-0.1, -0.05) is 23.8 Å². The van der Waals surface area contributed by atoms with E-state index in [0.29, 0.717) is 0 Å². The molecule has 1 N–H and O–H groups in total. The van der Waals surface area contributed by atoms with Crippen LogP contribution in [0.15, 0.2) is 18.2 Å². The number of carboxylic acids is 1. The van der Waals surface area contributed by atoms with E-state index in [4.69, 9.17) is 0 Å². The first-order valence-electron chi connectivity index (χ1n) is 7.78. The van der Waals surface area contributed by atoms with Crippen molar-refractivity contribution in [3.05, 3.63) is 34.9 Å². The molecular formula is C17H26N2O2S. The average Bonchev–Trinajstić information content (AvgIpc) is 2.50. The van der Waals surface area contributed by atoms with Crippen molar-refractivity contribution in [1.82, 2.24) is 9.80 Å². The number of carboxylic acid groups (broad SMARTS) is 1. The third-order valence-electron chi connectivity index (χ3n) is 4.35. The Kier molecular flexibility index (Phi) is 6.29. The first kappa shape index (κ1) is 17.3. The van der Waals surface area contributed by atoms with Gasteiger partial charge in [-0.2, -0.15) is 11.8 Å². The smallest absolute Gasteiger partial charge is 0.325 e. The standard InChI is InChI=1S/C17H26N2O2S/c1-13-4-5-14(2)15(12-13)16(17(20)21)19-8-6-18(7-9-19)10-11-22-3/h4-5,12,16H,6-11H2,1-3H3,(H,20,21). The minimum atomic E-state index is -0.744. The highest BCUT2D eigenvalue weighted by Gasteiger charge is 2.31. The van der Waals surface area contributed by atoms with Crippen LogP contribution in [0, 0.1) is 13.8 Å². The van der Waals surface area contributed by atoms with Crippen LogP contribution in [-0.2, 0) is 4.79 Å². The Balaban J connectivity index is 2.10. The van der Waals surface area contributed by atoms with Gasteiger partial charge in [-0.3, -0.25) is 14.6 Å². The molecule has 122 valence electrons. The molecular weight excluding hydrogens is 296 g/mol. The molecule has 0 bridgehead atoms. The van der Waals surface area contributed by atoms with Crippen molar-refractivity contribution >= 4 is 17.7 Å². The number of carbonyl (C=O) groups is 1. The van der Waals surface area contributed by atoms with E-state index in [-0.39, 0.29) is 0 Å². The number of hydrogen-bond donors (Lipinski definition) is 1. The fourth-order valence-corrected chi connectivity index (χ4v) is 3.45. The van der Waals surface area contributed by atoms with E-state index >= 15 is 0 Å². The van der Waals surface area contributed by atoms with E-state index in [1.165, 1.54) is 0 Å². The summed E-state index contributed by atoms with van der Waals surface area (Å²) in [6, 6.07) is 5.56. The minimum Gasteiger partial charge on any atom is -0.480 e. The van der Waals surface area contributed by atoms with Crippen molar-refractivity contribution in [2.75, 3.05) is 44.7 Å². The molecule has 0 radical (unpaired) electrons. The van der Waals surface area contributed by atoms with Crippen LogP contribution >= 0.6 is 11.8 Å². The van der Waals surface area contributed by atoms with Crippen LogP contribution in [0.3, 0.4) is 0 Å². The Bertz CT molecular complexity index is 513. The highest BCUT2D eigenvalue weighted by atomic mass is 32.2. The first-order chi connectivity index (χ1) is 10.5. The summed E-state index contributed by atoms with van der Waals surface area (Å²) in [4.78, 5) is 16.4. The van der Waals surface area contributed by atoms with Gasteiger partial charge in [0.1, 0.15) is 6.04 Å². The summed E-state index contributed by atoms with van der Waals surface area (Å²) < 4.78 is 0. The lowest BCUT2D eigenvalue weighted by Crippen LogP contribution is -2.49. The molecule has 1 atom stereocenters. The van der Waals surface area contributed by atoms with Crippen molar-refractivity contribution in [3.63, 3.8) is 0 Å². The highest BCUT2D eigenvalue weighted by Crippen LogP contribution is 2.26. The Morgan fingerprint density at radius 2 is 1.95 bits per heavy atom. The minimum absolute atomic E-state index is 0.525. The van der Waals surface area contributed by atoms with Gasteiger partial charge in [0.05, 0.1) is 0 Å². The zero-order chi connectivity index (χ0) is 16.1. The largest absolute Gasteiger partial charge is 0.480 e. The van der Waals surface area contributed by atoms with Crippen molar-refractivity contribution in [2.45, 2.75) is 19.9 Å². The van der Waals surface area contributed by atoms with Gasteiger partial charge in [-0.25, -0.2) is 0 Å². The molecule has 1 aliphatic rings. The molecule has 1 unspecified atom stereocenters. The van der Waals surface area contributed by atoms with Gasteiger partial charge >= 0.3 is 5.97 Å². The Morgan fingerprint density at radius 3 is 2.55 bits per heavy atom. The van der Waals surface area contributed by atoms with Crippen LogP contribution < -0.4 is 0 Å². The Labute approximate surface area is 137 Å². The lowest BCUT2D eigenvalue weighted by atomic mass is 9.97. The Morgan fingerprint density at radius 1 is 1.27 bits per heavy atom. The summed E-state index contributed by atoms with van der Waals surface area (Å²) in [6.07, 6.45) is 2.12. The number of rotatable bonds is 6. The summed E-state index contributed by atoms with van der Waals surface area (Å²) in [7, 11) is 0. The van der Waals surface area contributed by atoms with Crippen LogP contribution in [-0.4, -0.2) is 65.6 Å². The summed E-state index contributed by atoms with van der Waals surface area (Å²) in [5.41, 5.74) is 3.11. The fraction of sp³-hybridized carbons (Fsp3) is 0.588. The summed E-state index contributed by atoms with van der Waals surface area (Å²) in [5.74, 6) is 0.394. The molecule has 1 heterocycles. The lowest BCUT2D eigenvalue weighted by Gasteiger charge is -2.38. The highest BCUT2D eigenvalue weighted by molar-refractivity contribution is 7.98. The van der Waals surface area contributed by atoms with Crippen LogP contribution in [0.5, 0.6) is 0 Å². The normalized spacial score (nSPS) is 18.3. The number of thioether (sulfide) groups is 1. The molecule has 1 fully saturated rings. The molecule has 1 aliphatic heterocycles. The summed E-state index contributed by atoms with van der Waals surface area (Å²) in [6.45, 7) is 8.65. The van der Waals surface area contributed by atoms with Gasteiger partial charge in [0.25, 0.3) is 0 Å². The number of aryl methyl sites for hydroxylation is 2. The Hall–Kier alpha value is -1.04. The van der Waals surface area contributed by atoms with Gasteiger partial charge in [-0.15, -0.1) is 0 Å². The number of piperazine rings is 1. The molecule has 1 aromatic carbocycles. The molecule has 0 aromatic heterocycles. The molecule has 0 aliphatic carbocycles. The second kappa shape index (κ2) is 7.99. The van der Waals surface area contributed by atoms with Gasteiger partial charge in [0.15, 0.2) is 0 Å². The molecule has 5 heteroatoms. The second-order valence-corrected chi connectivity index (χ2v) is 6.96. The predicted octanol–water partition coefficient (Wildman–Crippen LogP) is 2.41. The maximum absolute atomic E-state index is 11.9. The quantitative estimate of drug-likeness (QED) is 0.871. The van der Waals surface area contributed by atoms with Crippen LogP contribution in [0.1, 0.15) is 22.7 Å². The zero-order valence-corrected chi connectivity index (χ0v) is 14.5. The maximum atomic E-state index is 11.9. The molecule has 1 aromatic rings. The maximum Gasteiger partial charge on any atom is 0.325 e. The average molecular weight is 322 g/mol. The topological polar surface area (TPSA) is 43.8 Å². The lowest BCUT2D eigenvalue weighted by molar-refractivity contribution is -0.144. The second-order valence-electron chi connectivity index (χ2n) is 5.97. The van der Waals surface area contributed by atoms with E-state index < -0.39 is 12.0 Å². The first-order valence-corrected chi connectivity index (χ1v) is 9.17. The summed E-state index contributed by atoms with van der Waals surface area (Å²) in [5, 5.41) is 9.74.